The molecule has 0 aliphatic rings. The van der Waals surface area contributed by atoms with Gasteiger partial charge in [0.2, 0.25) is 0 Å². The van der Waals surface area contributed by atoms with Gasteiger partial charge in [-0.2, -0.15) is 0 Å². The molecule has 0 aromatic heterocycles. The van der Waals surface area contributed by atoms with Crippen LogP contribution in [0.1, 0.15) is 142 Å². The van der Waals surface area contributed by atoms with E-state index in [0.29, 0.717) is 13.0 Å². The molecule has 2 atom stereocenters. The number of hydrogen-bond acceptors (Lipinski definition) is 7. The van der Waals surface area contributed by atoms with Crippen LogP contribution in [-0.2, 0) is 27.9 Å². The number of unbranched alkanes of at least 4 members (excludes halogenated alkanes) is 5. The smallest absolute Gasteiger partial charge is 0.457 e. The second-order valence-corrected chi connectivity index (χ2v) is 16.0. The molecule has 0 saturated heterocycles. The number of nitrogens with two attached hydrogens (primary N) is 1. The number of carbonyl (C=O) groups excluding carboxylic acids is 1. The maximum Gasteiger partial charge on any atom is 0.472 e. The Morgan fingerprint density at radius 3 is 1.26 bits per heavy atom. The van der Waals surface area contributed by atoms with Crippen molar-refractivity contribution in [1.29, 1.82) is 0 Å². The summed E-state index contributed by atoms with van der Waals surface area (Å²) in [5.74, 6) is -0.404. The fourth-order valence-corrected chi connectivity index (χ4v) is 6.19. The van der Waals surface area contributed by atoms with Crippen LogP contribution in [0.15, 0.2) is 146 Å². The minimum absolute atomic E-state index is 0.0642. The molecule has 0 radical (unpaired) electrons. The van der Waals surface area contributed by atoms with E-state index in [1.807, 2.05) is 0 Å². The third kappa shape index (κ3) is 47.4. The van der Waals surface area contributed by atoms with Crippen molar-refractivity contribution in [2.75, 3.05) is 33.0 Å². The molecule has 9 heteroatoms. The normalized spacial score (nSPS) is 14.7. The Hall–Kier alpha value is -3.62. The highest BCUT2D eigenvalue weighted by Gasteiger charge is 2.25. The van der Waals surface area contributed by atoms with Gasteiger partial charge in [-0.05, 0) is 109 Å². The van der Waals surface area contributed by atoms with Gasteiger partial charge < -0.3 is 20.1 Å². The second kappa shape index (κ2) is 48.4. The molecule has 62 heavy (non-hydrogen) atoms. The number of ether oxygens (including phenoxy) is 2. The zero-order valence-electron chi connectivity index (χ0n) is 38.5. The maximum absolute atomic E-state index is 12.6. The molecule has 0 heterocycles. The van der Waals surface area contributed by atoms with Crippen molar-refractivity contribution < 1.29 is 32.8 Å². The Bertz CT molecular complexity index is 1450. The van der Waals surface area contributed by atoms with E-state index in [9.17, 15) is 14.3 Å². The lowest BCUT2D eigenvalue weighted by Crippen LogP contribution is -2.28. The first kappa shape index (κ1) is 58.4. The summed E-state index contributed by atoms with van der Waals surface area (Å²) in [6, 6.07) is 0. The lowest BCUT2D eigenvalue weighted by atomic mass is 10.1. The SMILES string of the molecule is CC/C=C\C/C=C\C/C=C\C/C=C\C/C=C\C/C=C\C/C=C\CCCCCCOCC(COP(=O)(O)OCCN)OC(=O)CCC/C=C\C/C=C\C/C=C\C/C=C\C/C=C\CC. The van der Waals surface area contributed by atoms with Gasteiger partial charge in [-0.3, -0.25) is 13.8 Å². The molecule has 0 bridgehead atoms. The second-order valence-electron chi connectivity index (χ2n) is 14.5. The quantitative estimate of drug-likeness (QED) is 0.0269. The van der Waals surface area contributed by atoms with Crippen LogP contribution in [0.25, 0.3) is 0 Å². The van der Waals surface area contributed by atoms with E-state index in [-0.39, 0.29) is 32.8 Å². The number of rotatable bonds is 42. The van der Waals surface area contributed by atoms with Crippen molar-refractivity contribution in [2.45, 2.75) is 148 Å². The standard InChI is InChI=1S/C53H84NO7P/c1-3-5-7-9-11-13-15-17-19-21-22-23-24-25-26-27-28-29-31-33-35-37-39-41-43-45-48-58-50-52(51-60-62(56,57)59-49-47-54)61-53(55)46-44-42-40-38-36-34-32-30-20-18-16-14-12-10-8-6-4-2/h5-8,11-14,17-20,22-23,25-26,28-29,32-35,38,40,52H,3-4,9-10,15-16,21,24,27,30-31,36-37,39,41-51,54H2,1-2H3,(H,56,57)/b7-5-,8-6-,13-11-,14-12-,19-17-,20-18-,23-22-,26-25-,29-28-,34-32-,35-33-,40-38-. The van der Waals surface area contributed by atoms with Gasteiger partial charge in [0.05, 0.1) is 19.8 Å². The molecule has 0 saturated carbocycles. The first-order chi connectivity index (χ1) is 30.4. The molecule has 0 rings (SSSR count). The Balaban J connectivity index is 4.18. The summed E-state index contributed by atoms with van der Waals surface area (Å²) in [6.45, 7) is 4.50. The van der Waals surface area contributed by atoms with E-state index in [4.69, 9.17) is 24.3 Å². The maximum atomic E-state index is 12.6. The van der Waals surface area contributed by atoms with Crippen LogP contribution < -0.4 is 5.73 Å². The largest absolute Gasteiger partial charge is 0.472 e. The van der Waals surface area contributed by atoms with Gasteiger partial charge in [0, 0.05) is 19.6 Å². The summed E-state index contributed by atoms with van der Waals surface area (Å²) in [5.41, 5.74) is 5.37. The van der Waals surface area contributed by atoms with Gasteiger partial charge in [0.25, 0.3) is 0 Å². The van der Waals surface area contributed by atoms with Gasteiger partial charge >= 0.3 is 13.8 Å². The van der Waals surface area contributed by atoms with Crippen LogP contribution in [0.3, 0.4) is 0 Å². The van der Waals surface area contributed by atoms with E-state index < -0.39 is 19.9 Å². The number of allylic oxidation sites excluding steroid dienone is 24. The zero-order chi connectivity index (χ0) is 45.1. The average molecular weight is 878 g/mol. The first-order valence-electron chi connectivity index (χ1n) is 23.3. The molecular weight excluding hydrogens is 794 g/mol. The van der Waals surface area contributed by atoms with E-state index >= 15 is 0 Å². The minimum Gasteiger partial charge on any atom is -0.457 e. The fourth-order valence-electron chi connectivity index (χ4n) is 5.42. The van der Waals surface area contributed by atoms with Crippen molar-refractivity contribution in [2.24, 2.45) is 5.73 Å². The van der Waals surface area contributed by atoms with E-state index in [1.165, 1.54) is 0 Å². The van der Waals surface area contributed by atoms with E-state index in [2.05, 4.69) is 160 Å². The topological polar surface area (TPSA) is 117 Å². The molecule has 0 aromatic rings. The third-order valence-electron chi connectivity index (χ3n) is 8.75. The molecule has 0 aliphatic heterocycles. The van der Waals surface area contributed by atoms with Crippen molar-refractivity contribution in [1.82, 2.24) is 0 Å². The van der Waals surface area contributed by atoms with Crippen molar-refractivity contribution in [3.05, 3.63) is 146 Å². The summed E-state index contributed by atoms with van der Waals surface area (Å²) in [7, 11) is -4.32. The van der Waals surface area contributed by atoms with E-state index in [0.717, 1.165) is 116 Å². The highest BCUT2D eigenvalue weighted by atomic mass is 31.2. The highest BCUT2D eigenvalue weighted by Crippen LogP contribution is 2.43. The van der Waals surface area contributed by atoms with Gasteiger partial charge in [-0.25, -0.2) is 4.57 Å². The van der Waals surface area contributed by atoms with Gasteiger partial charge in [0.1, 0.15) is 6.10 Å². The molecule has 348 valence electrons. The zero-order valence-corrected chi connectivity index (χ0v) is 39.4. The Morgan fingerprint density at radius 2 is 0.855 bits per heavy atom. The highest BCUT2D eigenvalue weighted by molar-refractivity contribution is 7.47. The molecule has 2 unspecified atom stereocenters. The predicted octanol–water partition coefficient (Wildman–Crippen LogP) is 14.5. The van der Waals surface area contributed by atoms with Crippen molar-refractivity contribution >= 4 is 13.8 Å². The lowest BCUT2D eigenvalue weighted by molar-refractivity contribution is -0.154. The number of carbonyl (C=O) groups is 1. The molecule has 0 spiro atoms. The van der Waals surface area contributed by atoms with Crippen LogP contribution in [-0.4, -0.2) is 49.9 Å². The van der Waals surface area contributed by atoms with Gasteiger partial charge in [-0.15, -0.1) is 0 Å². The van der Waals surface area contributed by atoms with Crippen LogP contribution in [0.2, 0.25) is 0 Å². The van der Waals surface area contributed by atoms with Crippen LogP contribution in [0, 0.1) is 0 Å². The van der Waals surface area contributed by atoms with Crippen molar-refractivity contribution in [3.8, 4) is 0 Å². The molecule has 3 N–H and O–H groups in total. The predicted molar refractivity (Wildman–Crippen MR) is 265 cm³/mol. The molecule has 0 aliphatic carbocycles. The minimum atomic E-state index is -4.32. The Labute approximate surface area is 378 Å². The molecule has 0 amide bonds. The summed E-state index contributed by atoms with van der Waals surface area (Å²) in [5, 5.41) is 0. The summed E-state index contributed by atoms with van der Waals surface area (Å²) in [4.78, 5) is 22.5. The van der Waals surface area contributed by atoms with Gasteiger partial charge in [-0.1, -0.05) is 173 Å². The van der Waals surface area contributed by atoms with Gasteiger partial charge in [0.15, 0.2) is 0 Å². The summed E-state index contributed by atoms with van der Waals surface area (Å²) in [6.07, 6.45) is 70.3. The number of phosphoric acid groups is 1. The Kier molecular flexibility index (Phi) is 45.6. The average Bonchev–Trinajstić information content (AvgIpc) is 3.26. The lowest BCUT2D eigenvalue weighted by Gasteiger charge is -2.20. The molecule has 0 fully saturated rings. The number of esters is 1. The molecular formula is C53H84NO7P. The van der Waals surface area contributed by atoms with E-state index in [1.54, 1.807) is 0 Å². The number of phosphoric ester groups is 1. The molecule has 8 nitrogen and oxygen atoms in total. The third-order valence-corrected chi connectivity index (χ3v) is 9.74. The Morgan fingerprint density at radius 1 is 0.484 bits per heavy atom. The van der Waals surface area contributed by atoms with Crippen molar-refractivity contribution in [3.63, 3.8) is 0 Å². The fraction of sp³-hybridized carbons (Fsp3) is 0.528. The summed E-state index contributed by atoms with van der Waals surface area (Å²) < 4.78 is 33.4. The van der Waals surface area contributed by atoms with Crippen LogP contribution in [0.5, 0.6) is 0 Å². The number of hydrogen-bond donors (Lipinski definition) is 2. The summed E-state index contributed by atoms with van der Waals surface area (Å²) >= 11 is 0. The first-order valence-corrected chi connectivity index (χ1v) is 24.8. The van der Waals surface area contributed by atoms with Crippen LogP contribution >= 0.6 is 7.82 Å². The molecule has 0 aromatic carbocycles. The monoisotopic (exact) mass is 878 g/mol. The van der Waals surface area contributed by atoms with Crippen LogP contribution in [0.4, 0.5) is 0 Å².